The third kappa shape index (κ3) is 4.95. The van der Waals surface area contributed by atoms with Crippen molar-refractivity contribution < 1.29 is 24.2 Å². The Hall–Kier alpha value is -2.55. The molecule has 1 atom stereocenters. The van der Waals surface area contributed by atoms with Crippen LogP contribution in [0.5, 0.6) is 11.5 Å². The summed E-state index contributed by atoms with van der Waals surface area (Å²) in [5.41, 5.74) is 1.34. The number of thiocarbonyl (C=S) groups is 1. The lowest BCUT2D eigenvalue weighted by atomic mass is 10.1. The molecule has 1 aliphatic rings. The van der Waals surface area contributed by atoms with Crippen LogP contribution in [0.1, 0.15) is 19.4 Å². The summed E-state index contributed by atoms with van der Waals surface area (Å²) in [7, 11) is 0. The standard InChI is InChI=1S/C21H18ClNO5S2/c1-3-27-17-10-13(4-9-16(17)28-12(2)20(25)26)11-18-19(24)23(21(29)30-18)15-7-5-14(22)6-8-15/h4-12H,3H2,1-2H3,(H,25,26)/b18-11+. The summed E-state index contributed by atoms with van der Waals surface area (Å²) in [4.78, 5) is 25.9. The van der Waals surface area contributed by atoms with Crippen LogP contribution < -0.4 is 14.4 Å². The molecule has 0 saturated carbocycles. The van der Waals surface area contributed by atoms with E-state index in [4.69, 9.17) is 38.4 Å². The monoisotopic (exact) mass is 463 g/mol. The average molecular weight is 464 g/mol. The summed E-state index contributed by atoms with van der Waals surface area (Å²) in [5.74, 6) is -0.595. The molecule has 2 aromatic carbocycles. The van der Waals surface area contributed by atoms with E-state index in [0.717, 1.165) is 0 Å². The van der Waals surface area contributed by atoms with E-state index < -0.39 is 12.1 Å². The van der Waals surface area contributed by atoms with Crippen molar-refractivity contribution in [3.05, 3.63) is 58.0 Å². The summed E-state index contributed by atoms with van der Waals surface area (Å²) in [6.45, 7) is 3.63. The molecule has 1 aliphatic heterocycles. The highest BCUT2D eigenvalue weighted by Gasteiger charge is 2.33. The summed E-state index contributed by atoms with van der Waals surface area (Å²) in [5, 5.41) is 9.63. The number of halogens is 1. The number of anilines is 1. The van der Waals surface area contributed by atoms with Crippen LogP contribution in [0.15, 0.2) is 47.4 Å². The number of amides is 1. The molecule has 0 aromatic heterocycles. The van der Waals surface area contributed by atoms with Crippen molar-refractivity contribution >= 4 is 63.5 Å². The average Bonchev–Trinajstić information content (AvgIpc) is 2.98. The molecule has 6 nitrogen and oxygen atoms in total. The highest BCUT2D eigenvalue weighted by Crippen LogP contribution is 2.37. The molecular weight excluding hydrogens is 446 g/mol. The first kappa shape index (κ1) is 22.1. The fraction of sp³-hybridized carbons (Fsp3) is 0.190. The molecule has 2 aromatic rings. The van der Waals surface area contributed by atoms with Crippen LogP contribution in [0.25, 0.3) is 6.08 Å². The van der Waals surface area contributed by atoms with Crippen LogP contribution in [0.3, 0.4) is 0 Å². The van der Waals surface area contributed by atoms with E-state index in [1.165, 1.54) is 23.6 Å². The van der Waals surface area contributed by atoms with Crippen molar-refractivity contribution in [1.29, 1.82) is 0 Å². The predicted octanol–water partition coefficient (Wildman–Crippen LogP) is 5.00. The van der Waals surface area contributed by atoms with E-state index in [0.29, 0.717) is 43.6 Å². The van der Waals surface area contributed by atoms with E-state index in [-0.39, 0.29) is 5.91 Å². The van der Waals surface area contributed by atoms with Crippen molar-refractivity contribution in [2.75, 3.05) is 11.5 Å². The van der Waals surface area contributed by atoms with Gasteiger partial charge in [0.15, 0.2) is 21.9 Å². The minimum atomic E-state index is -1.08. The number of carboxylic acid groups (broad SMARTS) is 1. The van der Waals surface area contributed by atoms with Gasteiger partial charge in [-0.25, -0.2) is 4.79 Å². The number of carbonyl (C=O) groups is 2. The van der Waals surface area contributed by atoms with Gasteiger partial charge in [-0.1, -0.05) is 41.6 Å². The van der Waals surface area contributed by atoms with Crippen LogP contribution >= 0.6 is 35.6 Å². The first-order valence-corrected chi connectivity index (χ1v) is 10.6. The normalized spacial score (nSPS) is 16.1. The van der Waals surface area contributed by atoms with E-state index >= 15 is 0 Å². The maximum absolute atomic E-state index is 12.9. The Bertz CT molecular complexity index is 1020. The quantitative estimate of drug-likeness (QED) is 0.457. The number of carboxylic acids is 1. The van der Waals surface area contributed by atoms with Gasteiger partial charge in [-0.05, 0) is 61.9 Å². The molecule has 0 aliphatic carbocycles. The van der Waals surface area contributed by atoms with E-state index in [1.54, 1.807) is 48.5 Å². The van der Waals surface area contributed by atoms with Crippen molar-refractivity contribution in [3.8, 4) is 11.5 Å². The number of rotatable bonds is 7. The highest BCUT2D eigenvalue weighted by molar-refractivity contribution is 8.27. The van der Waals surface area contributed by atoms with Crippen LogP contribution in [-0.2, 0) is 9.59 Å². The number of benzene rings is 2. The second-order valence-corrected chi connectivity index (χ2v) is 8.34. The smallest absolute Gasteiger partial charge is 0.344 e. The summed E-state index contributed by atoms with van der Waals surface area (Å²) in [6, 6.07) is 11.9. The molecule has 1 heterocycles. The number of hydrogen-bond acceptors (Lipinski definition) is 6. The van der Waals surface area contributed by atoms with Gasteiger partial charge < -0.3 is 14.6 Å². The molecule has 1 N–H and O–H groups in total. The zero-order valence-electron chi connectivity index (χ0n) is 16.1. The van der Waals surface area contributed by atoms with Gasteiger partial charge in [0.1, 0.15) is 0 Å². The number of ether oxygens (including phenoxy) is 2. The Kier molecular flexibility index (Phi) is 7.02. The van der Waals surface area contributed by atoms with Gasteiger partial charge in [0, 0.05) is 5.02 Å². The van der Waals surface area contributed by atoms with Crippen LogP contribution in [0.4, 0.5) is 5.69 Å². The Labute approximate surface area is 188 Å². The summed E-state index contributed by atoms with van der Waals surface area (Å²) >= 11 is 12.5. The molecule has 1 amide bonds. The molecule has 1 fully saturated rings. The van der Waals surface area contributed by atoms with Gasteiger partial charge in [-0.2, -0.15) is 0 Å². The lowest BCUT2D eigenvalue weighted by molar-refractivity contribution is -0.144. The minimum absolute atomic E-state index is 0.231. The van der Waals surface area contributed by atoms with Crippen molar-refractivity contribution in [2.45, 2.75) is 20.0 Å². The van der Waals surface area contributed by atoms with E-state index in [9.17, 15) is 9.59 Å². The fourth-order valence-corrected chi connectivity index (χ4v) is 4.08. The van der Waals surface area contributed by atoms with E-state index in [1.807, 2.05) is 6.92 Å². The second kappa shape index (κ2) is 9.51. The van der Waals surface area contributed by atoms with Gasteiger partial charge in [0.05, 0.1) is 17.2 Å². The molecule has 0 spiro atoms. The van der Waals surface area contributed by atoms with E-state index in [2.05, 4.69) is 0 Å². The van der Waals surface area contributed by atoms with Crippen LogP contribution in [-0.4, -0.2) is 34.0 Å². The van der Waals surface area contributed by atoms with Crippen LogP contribution in [0, 0.1) is 0 Å². The Morgan fingerprint density at radius 3 is 2.60 bits per heavy atom. The summed E-state index contributed by atoms with van der Waals surface area (Å²) < 4.78 is 11.5. The highest BCUT2D eigenvalue weighted by atomic mass is 35.5. The Morgan fingerprint density at radius 2 is 1.97 bits per heavy atom. The van der Waals surface area contributed by atoms with Gasteiger partial charge in [-0.3, -0.25) is 9.69 Å². The number of hydrogen-bond donors (Lipinski definition) is 1. The fourth-order valence-electron chi connectivity index (χ4n) is 2.65. The van der Waals surface area contributed by atoms with Crippen molar-refractivity contribution in [3.63, 3.8) is 0 Å². The SMILES string of the molecule is CCOc1cc(/C=C2/SC(=S)N(c3ccc(Cl)cc3)C2=O)ccc1OC(C)C(=O)O. The zero-order valence-corrected chi connectivity index (χ0v) is 18.5. The zero-order chi connectivity index (χ0) is 21.8. The Balaban J connectivity index is 1.87. The molecule has 0 bridgehead atoms. The minimum Gasteiger partial charge on any atom is -0.490 e. The lowest BCUT2D eigenvalue weighted by Crippen LogP contribution is -2.27. The predicted molar refractivity (Wildman–Crippen MR) is 122 cm³/mol. The third-order valence-corrected chi connectivity index (χ3v) is 5.65. The second-order valence-electron chi connectivity index (χ2n) is 6.23. The number of thioether (sulfide) groups is 1. The molecule has 9 heteroatoms. The maximum Gasteiger partial charge on any atom is 0.344 e. The maximum atomic E-state index is 12.9. The van der Waals surface area contributed by atoms with Gasteiger partial charge >= 0.3 is 5.97 Å². The summed E-state index contributed by atoms with van der Waals surface area (Å²) in [6.07, 6.45) is 0.688. The number of nitrogens with zero attached hydrogens (tertiary/aromatic N) is 1. The number of carbonyl (C=O) groups excluding carboxylic acids is 1. The van der Waals surface area contributed by atoms with Crippen molar-refractivity contribution in [2.24, 2.45) is 0 Å². The Morgan fingerprint density at radius 1 is 1.27 bits per heavy atom. The first-order chi connectivity index (χ1) is 14.3. The van der Waals surface area contributed by atoms with Crippen LogP contribution in [0.2, 0.25) is 5.02 Å². The van der Waals surface area contributed by atoms with Gasteiger partial charge in [0.25, 0.3) is 5.91 Å². The molecule has 0 radical (unpaired) electrons. The molecule has 3 rings (SSSR count). The largest absolute Gasteiger partial charge is 0.490 e. The molecule has 1 unspecified atom stereocenters. The van der Waals surface area contributed by atoms with Gasteiger partial charge in [-0.15, -0.1) is 0 Å². The third-order valence-electron chi connectivity index (χ3n) is 4.10. The molecular formula is C21H18ClNO5S2. The lowest BCUT2D eigenvalue weighted by Gasteiger charge is -2.15. The topological polar surface area (TPSA) is 76.1 Å². The first-order valence-electron chi connectivity index (χ1n) is 9.00. The molecule has 30 heavy (non-hydrogen) atoms. The molecule has 1 saturated heterocycles. The number of aliphatic carboxylic acids is 1. The van der Waals surface area contributed by atoms with Gasteiger partial charge in [0.2, 0.25) is 0 Å². The molecule has 156 valence electrons. The van der Waals surface area contributed by atoms with Crippen molar-refractivity contribution in [1.82, 2.24) is 0 Å².